The largest absolute Gasteiger partial charge is 0.375 e. The summed E-state index contributed by atoms with van der Waals surface area (Å²) < 4.78 is 0. The molecule has 0 aromatic heterocycles. The van der Waals surface area contributed by atoms with E-state index in [-0.39, 0.29) is 12.3 Å². The van der Waals surface area contributed by atoms with Crippen molar-refractivity contribution in [3.8, 4) is 0 Å². The first-order valence-corrected chi connectivity index (χ1v) is 4.84. The summed E-state index contributed by atoms with van der Waals surface area (Å²) in [5.41, 5.74) is 0.915. The van der Waals surface area contributed by atoms with Crippen molar-refractivity contribution in [3.05, 3.63) is 42.0 Å². The van der Waals surface area contributed by atoms with Crippen molar-refractivity contribution in [1.29, 1.82) is 0 Å². The molecule has 0 aliphatic carbocycles. The van der Waals surface area contributed by atoms with Gasteiger partial charge >= 0.3 is 0 Å². The first-order valence-electron chi connectivity index (χ1n) is 4.84. The van der Waals surface area contributed by atoms with Gasteiger partial charge in [-0.3, -0.25) is 4.79 Å². The fraction of sp³-hybridized carbons (Fsp3) is 0.250. The molecule has 1 aliphatic rings. The van der Waals surface area contributed by atoms with Crippen molar-refractivity contribution in [2.24, 2.45) is 0 Å². The SMILES string of the molecule is C=CCC1(O)C(=O)Nc2ccc(C)cc21. The van der Waals surface area contributed by atoms with E-state index in [0.717, 1.165) is 5.56 Å². The molecular formula is C12H13NO2. The molecule has 1 amide bonds. The van der Waals surface area contributed by atoms with E-state index < -0.39 is 5.60 Å². The lowest BCUT2D eigenvalue weighted by molar-refractivity contribution is -0.133. The van der Waals surface area contributed by atoms with Gasteiger partial charge in [0.2, 0.25) is 0 Å². The van der Waals surface area contributed by atoms with E-state index in [1.165, 1.54) is 0 Å². The zero-order valence-electron chi connectivity index (χ0n) is 8.58. The van der Waals surface area contributed by atoms with Crippen LogP contribution in [0, 0.1) is 6.92 Å². The highest BCUT2D eigenvalue weighted by Crippen LogP contribution is 2.38. The Bertz CT molecular complexity index is 439. The maximum Gasteiger partial charge on any atom is 0.261 e. The summed E-state index contributed by atoms with van der Waals surface area (Å²) in [4.78, 5) is 11.6. The maximum atomic E-state index is 11.6. The number of nitrogens with one attached hydrogen (secondary N) is 1. The number of benzene rings is 1. The zero-order chi connectivity index (χ0) is 11.1. The Morgan fingerprint density at radius 2 is 2.33 bits per heavy atom. The molecule has 0 fully saturated rings. The van der Waals surface area contributed by atoms with Crippen molar-refractivity contribution >= 4 is 11.6 Å². The Morgan fingerprint density at radius 1 is 1.60 bits per heavy atom. The third-order valence-corrected chi connectivity index (χ3v) is 2.68. The lowest BCUT2D eigenvalue weighted by Crippen LogP contribution is -2.33. The fourth-order valence-electron chi connectivity index (χ4n) is 1.87. The summed E-state index contributed by atoms with van der Waals surface area (Å²) in [6.07, 6.45) is 1.78. The van der Waals surface area contributed by atoms with Gasteiger partial charge in [-0.2, -0.15) is 0 Å². The summed E-state index contributed by atoms with van der Waals surface area (Å²) in [5.74, 6) is -0.372. The Kier molecular flexibility index (Phi) is 2.12. The van der Waals surface area contributed by atoms with E-state index in [4.69, 9.17) is 0 Å². The molecule has 78 valence electrons. The van der Waals surface area contributed by atoms with Gasteiger partial charge in [0.1, 0.15) is 0 Å². The second-order valence-corrected chi connectivity index (χ2v) is 3.86. The summed E-state index contributed by atoms with van der Waals surface area (Å²) in [5, 5.41) is 12.9. The molecule has 1 unspecified atom stereocenters. The smallest absolute Gasteiger partial charge is 0.261 e. The van der Waals surface area contributed by atoms with E-state index in [1.807, 2.05) is 25.1 Å². The molecule has 0 radical (unpaired) electrons. The van der Waals surface area contributed by atoms with Gasteiger partial charge in [-0.1, -0.05) is 23.8 Å². The zero-order valence-corrected chi connectivity index (χ0v) is 8.58. The maximum absolute atomic E-state index is 11.6. The number of carbonyl (C=O) groups is 1. The predicted octanol–water partition coefficient (Wildman–Crippen LogP) is 1.71. The van der Waals surface area contributed by atoms with Gasteiger partial charge in [0.05, 0.1) is 0 Å². The summed E-state index contributed by atoms with van der Waals surface area (Å²) in [6.45, 7) is 5.49. The number of aryl methyl sites for hydroxylation is 1. The van der Waals surface area contributed by atoms with Gasteiger partial charge in [-0.05, 0) is 13.0 Å². The second kappa shape index (κ2) is 3.21. The number of anilines is 1. The van der Waals surface area contributed by atoms with Gasteiger partial charge in [-0.15, -0.1) is 6.58 Å². The van der Waals surface area contributed by atoms with Crippen LogP contribution in [0.3, 0.4) is 0 Å². The molecule has 0 saturated heterocycles. The topological polar surface area (TPSA) is 49.3 Å². The minimum absolute atomic E-state index is 0.231. The predicted molar refractivity (Wildman–Crippen MR) is 58.5 cm³/mol. The summed E-state index contributed by atoms with van der Waals surface area (Å²) in [6, 6.07) is 5.54. The Morgan fingerprint density at radius 3 is 3.00 bits per heavy atom. The molecular weight excluding hydrogens is 190 g/mol. The number of fused-ring (bicyclic) bond motifs is 1. The van der Waals surface area contributed by atoms with Crippen molar-refractivity contribution in [1.82, 2.24) is 0 Å². The Hall–Kier alpha value is -1.61. The van der Waals surface area contributed by atoms with Crippen LogP contribution < -0.4 is 5.32 Å². The minimum Gasteiger partial charge on any atom is -0.375 e. The van der Waals surface area contributed by atoms with Crippen LogP contribution in [0.1, 0.15) is 17.5 Å². The van der Waals surface area contributed by atoms with Gasteiger partial charge < -0.3 is 10.4 Å². The van der Waals surface area contributed by atoms with Crippen LogP contribution in [0.2, 0.25) is 0 Å². The van der Waals surface area contributed by atoms with Crippen LogP contribution in [0.15, 0.2) is 30.9 Å². The van der Waals surface area contributed by atoms with Crippen LogP contribution >= 0.6 is 0 Å². The molecule has 2 rings (SSSR count). The minimum atomic E-state index is -1.44. The number of amides is 1. The van der Waals surface area contributed by atoms with E-state index in [9.17, 15) is 9.90 Å². The summed E-state index contributed by atoms with van der Waals surface area (Å²) >= 11 is 0. The number of hydrogen-bond donors (Lipinski definition) is 2. The van der Waals surface area contributed by atoms with Crippen molar-refractivity contribution in [3.63, 3.8) is 0 Å². The molecule has 2 N–H and O–H groups in total. The van der Waals surface area contributed by atoms with E-state index in [1.54, 1.807) is 6.08 Å². The second-order valence-electron chi connectivity index (χ2n) is 3.86. The number of hydrogen-bond acceptors (Lipinski definition) is 2. The van der Waals surface area contributed by atoms with Gasteiger partial charge in [0, 0.05) is 17.7 Å². The van der Waals surface area contributed by atoms with E-state index >= 15 is 0 Å². The van der Waals surface area contributed by atoms with E-state index in [0.29, 0.717) is 11.3 Å². The first-order chi connectivity index (χ1) is 7.08. The van der Waals surface area contributed by atoms with Crippen LogP contribution in [-0.2, 0) is 10.4 Å². The number of rotatable bonds is 2. The molecule has 1 aromatic carbocycles. The van der Waals surface area contributed by atoms with Crippen LogP contribution in [0.25, 0.3) is 0 Å². The molecule has 1 heterocycles. The van der Waals surface area contributed by atoms with Gasteiger partial charge in [0.25, 0.3) is 5.91 Å². The van der Waals surface area contributed by atoms with Crippen molar-refractivity contribution < 1.29 is 9.90 Å². The highest BCUT2D eigenvalue weighted by atomic mass is 16.3. The molecule has 3 heteroatoms. The number of aliphatic hydroxyl groups is 1. The van der Waals surface area contributed by atoms with Crippen LogP contribution in [-0.4, -0.2) is 11.0 Å². The molecule has 15 heavy (non-hydrogen) atoms. The van der Waals surface area contributed by atoms with Crippen molar-refractivity contribution in [2.75, 3.05) is 5.32 Å². The average molecular weight is 203 g/mol. The molecule has 1 aliphatic heterocycles. The van der Waals surface area contributed by atoms with Gasteiger partial charge in [0.15, 0.2) is 5.60 Å². The monoisotopic (exact) mass is 203 g/mol. The highest BCUT2D eigenvalue weighted by Gasteiger charge is 2.43. The molecule has 0 saturated carbocycles. The molecule has 1 aromatic rings. The standard InChI is InChI=1S/C12H13NO2/c1-3-6-12(15)9-7-8(2)4-5-10(9)13-11(12)14/h3-5,7,15H,1,6H2,2H3,(H,13,14). The lowest BCUT2D eigenvalue weighted by atomic mass is 9.91. The van der Waals surface area contributed by atoms with E-state index in [2.05, 4.69) is 11.9 Å². The summed E-state index contributed by atoms with van der Waals surface area (Å²) in [7, 11) is 0. The molecule has 0 spiro atoms. The fourth-order valence-corrected chi connectivity index (χ4v) is 1.87. The van der Waals surface area contributed by atoms with Gasteiger partial charge in [-0.25, -0.2) is 0 Å². The Balaban J connectivity index is 2.57. The lowest BCUT2D eigenvalue weighted by Gasteiger charge is -2.18. The molecule has 1 atom stereocenters. The quantitative estimate of drug-likeness (QED) is 0.719. The number of carbonyl (C=O) groups excluding carboxylic acids is 1. The highest BCUT2D eigenvalue weighted by molar-refractivity contribution is 6.05. The third-order valence-electron chi connectivity index (χ3n) is 2.68. The normalized spacial score (nSPS) is 23.5. The Labute approximate surface area is 88.4 Å². The van der Waals surface area contributed by atoms with Crippen LogP contribution in [0.5, 0.6) is 0 Å². The average Bonchev–Trinajstić information content (AvgIpc) is 2.42. The molecule has 0 bridgehead atoms. The van der Waals surface area contributed by atoms with Crippen LogP contribution in [0.4, 0.5) is 5.69 Å². The molecule has 3 nitrogen and oxygen atoms in total. The van der Waals surface area contributed by atoms with Crippen molar-refractivity contribution in [2.45, 2.75) is 18.9 Å². The third kappa shape index (κ3) is 1.36. The first kappa shape index (κ1) is 9.93.